The third kappa shape index (κ3) is 3.13. The highest BCUT2D eigenvalue weighted by Gasteiger charge is 2.03. The highest BCUT2D eigenvalue weighted by Crippen LogP contribution is 2.25. The van der Waals surface area contributed by atoms with Crippen molar-refractivity contribution in [3.8, 4) is 5.75 Å². The molecule has 0 aliphatic carbocycles. The number of rotatable bonds is 4. The minimum Gasteiger partial charge on any atom is -0.489 e. The second-order valence-electron chi connectivity index (χ2n) is 4.17. The molecule has 3 heteroatoms. The summed E-state index contributed by atoms with van der Waals surface area (Å²) in [5.41, 5.74) is 0.544. The lowest BCUT2D eigenvalue weighted by Gasteiger charge is -2.07. The van der Waals surface area contributed by atoms with Gasteiger partial charge in [0, 0.05) is 11.0 Å². The Balaban J connectivity index is 2.12. The fourth-order valence-electron chi connectivity index (χ4n) is 1.82. The van der Waals surface area contributed by atoms with Gasteiger partial charge < -0.3 is 9.47 Å². The average Bonchev–Trinajstić information content (AvgIpc) is 2.46. The highest BCUT2D eigenvalue weighted by molar-refractivity contribution is 5.88. The molecule has 0 saturated heterocycles. The van der Waals surface area contributed by atoms with E-state index in [1.807, 2.05) is 42.5 Å². The van der Waals surface area contributed by atoms with Crippen LogP contribution < -0.4 is 4.74 Å². The monoisotopic (exact) mass is 256 g/mol. The molecule has 0 radical (unpaired) electrons. The van der Waals surface area contributed by atoms with Gasteiger partial charge in [0.1, 0.15) is 12.4 Å². The van der Waals surface area contributed by atoms with E-state index in [0.29, 0.717) is 12.2 Å². The van der Waals surface area contributed by atoms with E-state index in [2.05, 4.69) is 4.74 Å². The number of carbonyl (C=O) groups is 1. The lowest BCUT2D eigenvalue weighted by Crippen LogP contribution is -2.04. The summed E-state index contributed by atoms with van der Waals surface area (Å²) in [5.74, 6) is 0.480. The van der Waals surface area contributed by atoms with Crippen molar-refractivity contribution >= 4 is 16.7 Å². The fraction of sp³-hybridized carbons (Fsp3) is 0.188. The molecular weight excluding hydrogens is 240 g/mol. The Morgan fingerprint density at radius 2 is 1.89 bits per heavy atom. The van der Waals surface area contributed by atoms with E-state index in [0.717, 1.165) is 16.5 Å². The molecular formula is C16H16O3. The first-order valence-electron chi connectivity index (χ1n) is 6.08. The maximum absolute atomic E-state index is 11.2. The lowest BCUT2D eigenvalue weighted by molar-refractivity contribution is -0.136. The van der Waals surface area contributed by atoms with Gasteiger partial charge >= 0.3 is 5.97 Å². The van der Waals surface area contributed by atoms with Crippen molar-refractivity contribution in [3.63, 3.8) is 0 Å². The van der Waals surface area contributed by atoms with E-state index in [9.17, 15) is 4.79 Å². The van der Waals surface area contributed by atoms with E-state index >= 15 is 0 Å². The number of benzene rings is 2. The highest BCUT2D eigenvalue weighted by atomic mass is 16.5. The van der Waals surface area contributed by atoms with Gasteiger partial charge in [-0.15, -0.1) is 0 Å². The zero-order valence-corrected chi connectivity index (χ0v) is 11.1. The first kappa shape index (κ1) is 13.1. The third-order valence-electron chi connectivity index (χ3n) is 2.89. The number of methoxy groups -OCH3 is 1. The van der Waals surface area contributed by atoms with E-state index in [-0.39, 0.29) is 5.97 Å². The molecule has 0 spiro atoms. The molecule has 0 aliphatic heterocycles. The molecule has 0 saturated carbocycles. The smallest absolute Gasteiger partial charge is 0.333 e. The molecule has 3 nitrogen and oxygen atoms in total. The molecule has 0 heterocycles. The van der Waals surface area contributed by atoms with E-state index in [4.69, 9.17) is 4.74 Å². The van der Waals surface area contributed by atoms with Gasteiger partial charge in [0.25, 0.3) is 0 Å². The Bertz CT molecular complexity index is 609. The van der Waals surface area contributed by atoms with Crippen LogP contribution >= 0.6 is 0 Å². The van der Waals surface area contributed by atoms with E-state index < -0.39 is 0 Å². The zero-order chi connectivity index (χ0) is 13.7. The van der Waals surface area contributed by atoms with Crippen molar-refractivity contribution < 1.29 is 14.3 Å². The van der Waals surface area contributed by atoms with Gasteiger partial charge in [0.2, 0.25) is 0 Å². The summed E-state index contributed by atoms with van der Waals surface area (Å²) in [4.78, 5) is 11.2. The summed E-state index contributed by atoms with van der Waals surface area (Å²) in [5, 5.41) is 2.20. The van der Waals surface area contributed by atoms with Gasteiger partial charge in [-0.2, -0.15) is 0 Å². The van der Waals surface area contributed by atoms with Crippen molar-refractivity contribution in [1.29, 1.82) is 0 Å². The number of ether oxygens (including phenoxy) is 2. The molecule has 2 aromatic carbocycles. The number of carbonyl (C=O) groups excluding carboxylic acids is 1. The molecule has 0 bridgehead atoms. The summed E-state index contributed by atoms with van der Waals surface area (Å²) >= 11 is 0. The van der Waals surface area contributed by atoms with Gasteiger partial charge in [-0.1, -0.05) is 36.4 Å². The molecule has 2 rings (SSSR count). The van der Waals surface area contributed by atoms with Crippen molar-refractivity contribution in [2.75, 3.05) is 13.7 Å². The van der Waals surface area contributed by atoms with Gasteiger partial charge in [-0.05, 0) is 24.5 Å². The second kappa shape index (κ2) is 6.05. The molecule has 2 aromatic rings. The lowest BCUT2D eigenvalue weighted by atomic mass is 10.1. The zero-order valence-electron chi connectivity index (χ0n) is 11.1. The van der Waals surface area contributed by atoms with Crippen molar-refractivity contribution in [1.82, 2.24) is 0 Å². The summed E-state index contributed by atoms with van der Waals surface area (Å²) < 4.78 is 10.3. The van der Waals surface area contributed by atoms with E-state index in [1.54, 1.807) is 13.0 Å². The van der Waals surface area contributed by atoms with Gasteiger partial charge in [0.15, 0.2) is 0 Å². The standard InChI is InChI=1S/C16H16O3/c1-12(16(17)18-2)10-11-19-15-9-5-7-13-6-3-4-8-14(13)15/h3-10H,11H2,1-2H3. The molecule has 98 valence electrons. The Morgan fingerprint density at radius 1 is 1.16 bits per heavy atom. The van der Waals surface area contributed by atoms with Crippen LogP contribution in [0.2, 0.25) is 0 Å². The normalized spacial score (nSPS) is 11.4. The number of hydrogen-bond acceptors (Lipinski definition) is 3. The van der Waals surface area contributed by atoms with Crippen LogP contribution in [0.4, 0.5) is 0 Å². The van der Waals surface area contributed by atoms with Crippen LogP contribution in [0.15, 0.2) is 54.1 Å². The number of esters is 1. The minimum atomic E-state index is -0.332. The molecule has 0 unspecified atom stereocenters. The van der Waals surface area contributed by atoms with Gasteiger partial charge in [-0.25, -0.2) is 4.79 Å². The van der Waals surface area contributed by atoms with Crippen LogP contribution in [0.3, 0.4) is 0 Å². The second-order valence-corrected chi connectivity index (χ2v) is 4.17. The summed E-state index contributed by atoms with van der Waals surface area (Å²) in [6, 6.07) is 13.9. The van der Waals surface area contributed by atoms with Crippen LogP contribution in [-0.2, 0) is 9.53 Å². The fourth-order valence-corrected chi connectivity index (χ4v) is 1.82. The number of hydrogen-bond donors (Lipinski definition) is 0. The summed E-state index contributed by atoms with van der Waals surface area (Å²) in [6.45, 7) is 2.05. The Labute approximate surface area is 112 Å². The quantitative estimate of drug-likeness (QED) is 0.621. The largest absolute Gasteiger partial charge is 0.489 e. The summed E-state index contributed by atoms with van der Waals surface area (Å²) in [7, 11) is 1.37. The van der Waals surface area contributed by atoms with Crippen molar-refractivity contribution in [2.24, 2.45) is 0 Å². The van der Waals surface area contributed by atoms with Gasteiger partial charge in [-0.3, -0.25) is 0 Å². The first-order chi connectivity index (χ1) is 9.22. The Hall–Kier alpha value is -2.29. The average molecular weight is 256 g/mol. The molecule has 0 N–H and O–H groups in total. The summed E-state index contributed by atoms with van der Waals surface area (Å²) in [6.07, 6.45) is 1.72. The maximum Gasteiger partial charge on any atom is 0.333 e. The van der Waals surface area contributed by atoms with Crippen LogP contribution in [0.5, 0.6) is 5.75 Å². The third-order valence-corrected chi connectivity index (χ3v) is 2.89. The Kier molecular flexibility index (Phi) is 4.18. The maximum atomic E-state index is 11.2. The van der Waals surface area contributed by atoms with Crippen LogP contribution in [0.25, 0.3) is 10.8 Å². The number of fused-ring (bicyclic) bond motifs is 1. The predicted octanol–water partition coefficient (Wildman–Crippen LogP) is 3.34. The van der Waals surface area contributed by atoms with Crippen LogP contribution in [-0.4, -0.2) is 19.7 Å². The molecule has 0 aromatic heterocycles. The molecule has 0 fully saturated rings. The minimum absolute atomic E-state index is 0.332. The van der Waals surface area contributed by atoms with Crippen molar-refractivity contribution in [3.05, 3.63) is 54.1 Å². The SMILES string of the molecule is COC(=O)C(C)=CCOc1cccc2ccccc12. The van der Waals surface area contributed by atoms with E-state index in [1.165, 1.54) is 7.11 Å². The molecule has 0 atom stereocenters. The Morgan fingerprint density at radius 3 is 2.68 bits per heavy atom. The molecule has 0 aliphatic rings. The topological polar surface area (TPSA) is 35.5 Å². The van der Waals surface area contributed by atoms with Crippen LogP contribution in [0.1, 0.15) is 6.92 Å². The van der Waals surface area contributed by atoms with Crippen molar-refractivity contribution in [2.45, 2.75) is 6.92 Å². The predicted molar refractivity (Wildman–Crippen MR) is 75.2 cm³/mol. The van der Waals surface area contributed by atoms with Gasteiger partial charge in [0.05, 0.1) is 7.11 Å². The van der Waals surface area contributed by atoms with Crippen LogP contribution in [0, 0.1) is 0 Å². The first-order valence-corrected chi connectivity index (χ1v) is 6.08. The molecule has 19 heavy (non-hydrogen) atoms. The molecule has 0 amide bonds.